The van der Waals surface area contributed by atoms with Gasteiger partial charge in [0.1, 0.15) is 5.75 Å². The molecule has 0 amide bonds. The van der Waals surface area contributed by atoms with E-state index in [1.54, 1.807) is 24.3 Å². The molecule has 0 fully saturated rings. The molecule has 1 heterocycles. The molecular formula is C12H13NO4. The molecule has 1 aliphatic heterocycles. The van der Waals surface area contributed by atoms with Crippen LogP contribution in [0.2, 0.25) is 0 Å². The zero-order valence-corrected chi connectivity index (χ0v) is 9.09. The summed E-state index contributed by atoms with van der Waals surface area (Å²) >= 11 is 0. The maximum absolute atomic E-state index is 10.9. The molecule has 1 aliphatic rings. The first-order valence-corrected chi connectivity index (χ1v) is 5.25. The molecule has 3 N–H and O–H groups in total. The van der Waals surface area contributed by atoms with Crippen molar-refractivity contribution >= 4 is 5.97 Å². The van der Waals surface area contributed by atoms with Gasteiger partial charge >= 0.3 is 5.97 Å². The summed E-state index contributed by atoms with van der Waals surface area (Å²) in [4.78, 5) is 15.8. The van der Waals surface area contributed by atoms with Crippen LogP contribution in [-0.2, 0) is 9.63 Å². The van der Waals surface area contributed by atoms with Crippen molar-refractivity contribution in [1.82, 2.24) is 5.48 Å². The molecule has 1 aromatic rings. The number of hydrogen-bond acceptors (Lipinski definition) is 4. The minimum Gasteiger partial charge on any atom is -0.508 e. The van der Waals surface area contributed by atoms with Crippen LogP contribution in [0.4, 0.5) is 0 Å². The first kappa shape index (κ1) is 11.5. The molecule has 0 bridgehead atoms. The van der Waals surface area contributed by atoms with Crippen molar-refractivity contribution < 1.29 is 19.8 Å². The van der Waals surface area contributed by atoms with Gasteiger partial charge in [0.15, 0.2) is 0 Å². The summed E-state index contributed by atoms with van der Waals surface area (Å²) in [6.45, 7) is 0.434. The van der Waals surface area contributed by atoms with Crippen LogP contribution in [-0.4, -0.2) is 22.8 Å². The van der Waals surface area contributed by atoms with E-state index in [-0.39, 0.29) is 18.1 Å². The molecule has 90 valence electrons. The van der Waals surface area contributed by atoms with Crippen LogP contribution >= 0.6 is 0 Å². The van der Waals surface area contributed by atoms with Gasteiger partial charge in [0.05, 0.1) is 13.0 Å². The number of carboxylic acid groups (broad SMARTS) is 1. The van der Waals surface area contributed by atoms with E-state index in [0.717, 1.165) is 11.3 Å². The van der Waals surface area contributed by atoms with E-state index in [1.165, 1.54) is 0 Å². The van der Waals surface area contributed by atoms with Crippen LogP contribution in [0.15, 0.2) is 36.0 Å². The van der Waals surface area contributed by atoms with Gasteiger partial charge in [-0.1, -0.05) is 12.1 Å². The van der Waals surface area contributed by atoms with Crippen LogP contribution in [0.1, 0.15) is 17.9 Å². The predicted octanol–water partition coefficient (Wildman–Crippen LogP) is 1.37. The fraction of sp³-hybridized carbons (Fsp3) is 0.250. The standard InChI is InChI=1S/C12H13NO4/c14-9-3-1-8(2-4-9)10(7-12(15)16)11-5-6-17-13-11/h1-5,10,13-14H,6-7H2,(H,15,16). The second-order valence-electron chi connectivity index (χ2n) is 3.81. The summed E-state index contributed by atoms with van der Waals surface area (Å²) in [7, 11) is 0. The molecule has 5 nitrogen and oxygen atoms in total. The van der Waals surface area contributed by atoms with Crippen LogP contribution < -0.4 is 5.48 Å². The molecule has 0 aliphatic carbocycles. The summed E-state index contributed by atoms with van der Waals surface area (Å²) in [5.74, 6) is -0.999. The van der Waals surface area contributed by atoms with Gasteiger partial charge < -0.3 is 10.2 Å². The second kappa shape index (κ2) is 4.88. The molecule has 0 saturated heterocycles. The highest BCUT2D eigenvalue weighted by Crippen LogP contribution is 2.29. The van der Waals surface area contributed by atoms with E-state index < -0.39 is 5.97 Å². The predicted molar refractivity (Wildman–Crippen MR) is 60.3 cm³/mol. The molecule has 5 heteroatoms. The number of phenols is 1. The first-order valence-electron chi connectivity index (χ1n) is 5.25. The van der Waals surface area contributed by atoms with E-state index in [2.05, 4.69) is 5.48 Å². The van der Waals surface area contributed by atoms with E-state index in [1.807, 2.05) is 6.08 Å². The van der Waals surface area contributed by atoms with E-state index in [9.17, 15) is 9.90 Å². The number of hydroxylamine groups is 1. The summed E-state index contributed by atoms with van der Waals surface area (Å²) in [5.41, 5.74) is 4.29. The average Bonchev–Trinajstić information content (AvgIpc) is 2.80. The summed E-state index contributed by atoms with van der Waals surface area (Å²) in [6, 6.07) is 6.51. The van der Waals surface area contributed by atoms with Gasteiger partial charge in [0.2, 0.25) is 0 Å². The number of aliphatic carboxylic acids is 1. The van der Waals surface area contributed by atoms with Crippen LogP contribution in [0, 0.1) is 0 Å². The van der Waals surface area contributed by atoms with Crippen molar-refractivity contribution in [2.75, 3.05) is 6.61 Å². The maximum Gasteiger partial charge on any atom is 0.304 e. The largest absolute Gasteiger partial charge is 0.508 e. The molecule has 0 aromatic heterocycles. The van der Waals surface area contributed by atoms with E-state index in [4.69, 9.17) is 9.94 Å². The number of rotatable bonds is 4. The van der Waals surface area contributed by atoms with E-state index in [0.29, 0.717) is 6.61 Å². The third-order valence-electron chi connectivity index (χ3n) is 2.63. The monoisotopic (exact) mass is 235 g/mol. The highest BCUT2D eigenvalue weighted by molar-refractivity contribution is 5.69. The van der Waals surface area contributed by atoms with Gasteiger partial charge in [-0.05, 0) is 23.8 Å². The fourth-order valence-electron chi connectivity index (χ4n) is 1.80. The third kappa shape index (κ3) is 2.76. The normalized spacial score (nSPS) is 16.1. The van der Waals surface area contributed by atoms with Crippen molar-refractivity contribution in [3.05, 3.63) is 41.6 Å². The van der Waals surface area contributed by atoms with Gasteiger partial charge in [0.25, 0.3) is 0 Å². The van der Waals surface area contributed by atoms with Gasteiger partial charge in [-0.3, -0.25) is 15.1 Å². The molecule has 1 unspecified atom stereocenters. The Balaban J connectivity index is 2.25. The minimum atomic E-state index is -0.877. The number of benzene rings is 1. The Morgan fingerprint density at radius 2 is 2.12 bits per heavy atom. The lowest BCUT2D eigenvalue weighted by Gasteiger charge is -2.16. The fourth-order valence-corrected chi connectivity index (χ4v) is 1.80. The third-order valence-corrected chi connectivity index (χ3v) is 2.63. The number of nitrogens with one attached hydrogen (secondary N) is 1. The minimum absolute atomic E-state index is 0.0209. The van der Waals surface area contributed by atoms with Crippen LogP contribution in [0.5, 0.6) is 5.75 Å². The average molecular weight is 235 g/mol. The number of carboxylic acids is 1. The van der Waals surface area contributed by atoms with Crippen molar-refractivity contribution in [2.45, 2.75) is 12.3 Å². The van der Waals surface area contributed by atoms with Gasteiger partial charge in [-0.15, -0.1) is 0 Å². The summed E-state index contributed by atoms with van der Waals surface area (Å²) < 4.78 is 0. The molecular weight excluding hydrogens is 222 g/mol. The molecule has 17 heavy (non-hydrogen) atoms. The topological polar surface area (TPSA) is 78.8 Å². The Morgan fingerprint density at radius 1 is 1.41 bits per heavy atom. The number of allylic oxidation sites excluding steroid dienone is 1. The van der Waals surface area contributed by atoms with Crippen molar-refractivity contribution in [1.29, 1.82) is 0 Å². The Labute approximate surface area is 98.3 Å². The molecule has 0 spiro atoms. The SMILES string of the molecule is O=C(O)CC(C1=CCON1)c1ccc(O)cc1. The number of hydrogen-bond donors (Lipinski definition) is 3. The van der Waals surface area contributed by atoms with Gasteiger partial charge in [0, 0.05) is 11.6 Å². The van der Waals surface area contributed by atoms with Crippen LogP contribution in [0.3, 0.4) is 0 Å². The lowest BCUT2D eigenvalue weighted by atomic mass is 9.92. The molecule has 0 radical (unpaired) electrons. The summed E-state index contributed by atoms with van der Waals surface area (Å²) in [5, 5.41) is 18.1. The van der Waals surface area contributed by atoms with Gasteiger partial charge in [-0.25, -0.2) is 0 Å². The van der Waals surface area contributed by atoms with Crippen molar-refractivity contribution in [3.8, 4) is 5.75 Å². The first-order chi connectivity index (χ1) is 8.16. The molecule has 1 atom stereocenters. The lowest BCUT2D eigenvalue weighted by Crippen LogP contribution is -2.17. The Kier molecular flexibility index (Phi) is 3.30. The van der Waals surface area contributed by atoms with Crippen molar-refractivity contribution in [3.63, 3.8) is 0 Å². The van der Waals surface area contributed by atoms with E-state index >= 15 is 0 Å². The number of aromatic hydroxyl groups is 1. The quantitative estimate of drug-likeness (QED) is 0.734. The Hall–Kier alpha value is -2.01. The maximum atomic E-state index is 10.9. The second-order valence-corrected chi connectivity index (χ2v) is 3.81. The van der Waals surface area contributed by atoms with Crippen molar-refractivity contribution in [2.24, 2.45) is 0 Å². The highest BCUT2D eigenvalue weighted by atomic mass is 16.6. The Bertz CT molecular complexity index is 438. The molecule has 0 saturated carbocycles. The Morgan fingerprint density at radius 3 is 2.65 bits per heavy atom. The zero-order valence-electron chi connectivity index (χ0n) is 9.09. The van der Waals surface area contributed by atoms with Crippen LogP contribution in [0.25, 0.3) is 0 Å². The lowest BCUT2D eigenvalue weighted by molar-refractivity contribution is -0.137. The smallest absolute Gasteiger partial charge is 0.304 e. The van der Waals surface area contributed by atoms with Gasteiger partial charge in [-0.2, -0.15) is 0 Å². The summed E-state index contributed by atoms with van der Waals surface area (Å²) in [6.07, 6.45) is 1.80. The highest BCUT2D eigenvalue weighted by Gasteiger charge is 2.22. The number of phenolic OH excluding ortho intramolecular Hbond substituents is 1. The number of carbonyl (C=O) groups is 1. The molecule has 1 aromatic carbocycles. The zero-order chi connectivity index (χ0) is 12.3. The molecule has 2 rings (SSSR count).